The first-order chi connectivity index (χ1) is 4.54. The SMILES string of the molecule is NC(CCC(=O)O)C(=O)O.O.[CaH2].[KH]. The fraction of sp³-hybridized carbons (Fsp3) is 0.600. The van der Waals surface area contributed by atoms with Crippen molar-refractivity contribution in [3.8, 4) is 0 Å². The maximum atomic E-state index is 9.99. The molecule has 0 bridgehead atoms. The normalized spacial score (nSPS) is 9.62. The van der Waals surface area contributed by atoms with Crippen LogP contribution in [0.3, 0.4) is 0 Å². The fourth-order valence-electron chi connectivity index (χ4n) is 0.402. The van der Waals surface area contributed by atoms with Crippen LogP contribution >= 0.6 is 0 Å². The van der Waals surface area contributed by atoms with E-state index in [9.17, 15) is 9.59 Å². The second-order valence-electron chi connectivity index (χ2n) is 1.88. The van der Waals surface area contributed by atoms with E-state index in [1.807, 2.05) is 0 Å². The Balaban J connectivity index is -0.000000135. The molecular formula is C5H14CaKNO5. The number of rotatable bonds is 4. The van der Waals surface area contributed by atoms with E-state index in [0.29, 0.717) is 0 Å². The van der Waals surface area contributed by atoms with Gasteiger partial charge in [0.15, 0.2) is 0 Å². The minimum atomic E-state index is -1.17. The molecule has 0 rings (SSSR count). The van der Waals surface area contributed by atoms with Gasteiger partial charge in [0.25, 0.3) is 0 Å². The average molecular weight is 247 g/mol. The molecule has 1 atom stereocenters. The summed E-state index contributed by atoms with van der Waals surface area (Å²) >= 11 is 0. The van der Waals surface area contributed by atoms with Crippen LogP contribution in [0.1, 0.15) is 12.8 Å². The molecule has 0 saturated carbocycles. The maximum absolute atomic E-state index is 9.99. The van der Waals surface area contributed by atoms with Gasteiger partial charge in [-0.25, -0.2) is 0 Å². The van der Waals surface area contributed by atoms with Crippen molar-refractivity contribution >= 4 is 101 Å². The van der Waals surface area contributed by atoms with Crippen LogP contribution in [-0.4, -0.2) is 123 Å². The average Bonchev–Trinajstić information content (AvgIpc) is 1.82. The van der Waals surface area contributed by atoms with Crippen molar-refractivity contribution in [1.82, 2.24) is 0 Å². The summed E-state index contributed by atoms with van der Waals surface area (Å²) in [5.74, 6) is -2.20. The Morgan fingerprint density at radius 3 is 1.92 bits per heavy atom. The molecule has 6 nitrogen and oxygen atoms in total. The van der Waals surface area contributed by atoms with E-state index in [1.165, 1.54) is 0 Å². The van der Waals surface area contributed by atoms with Gasteiger partial charge in [-0.2, -0.15) is 0 Å². The molecule has 6 N–H and O–H groups in total. The Morgan fingerprint density at radius 2 is 1.69 bits per heavy atom. The molecule has 0 aliphatic rings. The molecule has 1 unspecified atom stereocenters. The quantitative estimate of drug-likeness (QED) is 0.452. The molecule has 0 radical (unpaired) electrons. The van der Waals surface area contributed by atoms with Crippen LogP contribution in [-0.2, 0) is 9.59 Å². The number of hydrogen-bond donors (Lipinski definition) is 3. The standard InChI is InChI=1S/C5H9NO4.Ca.K.H2O.3H/c6-3(5(9)10)1-2-4(7)8;;;;;;/h3H,1-2,6H2,(H,7,8)(H,9,10);;;1H2;;;. The van der Waals surface area contributed by atoms with Gasteiger partial charge in [0, 0.05) is 6.42 Å². The van der Waals surface area contributed by atoms with E-state index in [2.05, 4.69) is 0 Å². The van der Waals surface area contributed by atoms with Gasteiger partial charge in [0.05, 0.1) is 0 Å². The number of hydrogen-bond acceptors (Lipinski definition) is 3. The van der Waals surface area contributed by atoms with Gasteiger partial charge in [-0.05, 0) is 6.42 Å². The molecular weight excluding hydrogens is 233 g/mol. The van der Waals surface area contributed by atoms with Crippen LogP contribution in [0, 0.1) is 0 Å². The molecule has 0 aromatic heterocycles. The number of aliphatic carboxylic acids is 2. The van der Waals surface area contributed by atoms with Crippen LogP contribution in [0.15, 0.2) is 0 Å². The van der Waals surface area contributed by atoms with Crippen LogP contribution in [0.2, 0.25) is 0 Å². The van der Waals surface area contributed by atoms with E-state index in [1.54, 1.807) is 0 Å². The van der Waals surface area contributed by atoms with Crippen molar-refractivity contribution in [3.63, 3.8) is 0 Å². The molecule has 0 heterocycles. The Hall–Kier alpha value is 1.76. The van der Waals surface area contributed by atoms with Gasteiger partial charge in [-0.3, -0.25) is 9.59 Å². The van der Waals surface area contributed by atoms with Crippen LogP contribution in [0.4, 0.5) is 0 Å². The van der Waals surface area contributed by atoms with Crippen molar-refractivity contribution < 1.29 is 25.3 Å². The van der Waals surface area contributed by atoms with Gasteiger partial charge in [0.1, 0.15) is 6.04 Å². The first kappa shape index (κ1) is 24.1. The van der Waals surface area contributed by atoms with Gasteiger partial charge < -0.3 is 21.4 Å². The second-order valence-corrected chi connectivity index (χ2v) is 1.88. The Kier molecular flexibility index (Phi) is 25.5. The number of carboxylic acids is 2. The fourth-order valence-corrected chi connectivity index (χ4v) is 0.402. The zero-order valence-corrected chi connectivity index (χ0v) is 5.78. The van der Waals surface area contributed by atoms with Crippen LogP contribution in [0.25, 0.3) is 0 Å². The predicted octanol–water partition coefficient (Wildman–Crippen LogP) is -3.13. The van der Waals surface area contributed by atoms with Crippen LogP contribution in [0.5, 0.6) is 0 Å². The zero-order valence-electron chi connectivity index (χ0n) is 5.78. The van der Waals surface area contributed by atoms with E-state index >= 15 is 0 Å². The first-order valence-electron chi connectivity index (χ1n) is 2.74. The Bertz CT molecular complexity index is 156. The minimum absolute atomic E-state index is 0. The third kappa shape index (κ3) is 16.4. The molecule has 0 spiro atoms. The topological polar surface area (TPSA) is 132 Å². The van der Waals surface area contributed by atoms with Gasteiger partial charge in [-0.15, -0.1) is 0 Å². The summed E-state index contributed by atoms with van der Waals surface area (Å²) < 4.78 is 0. The summed E-state index contributed by atoms with van der Waals surface area (Å²) in [6, 6.07) is -1.06. The molecule has 0 aliphatic carbocycles. The molecule has 0 aliphatic heterocycles. The summed E-state index contributed by atoms with van der Waals surface area (Å²) in [5, 5.41) is 16.3. The second kappa shape index (κ2) is 13.8. The first-order valence-corrected chi connectivity index (χ1v) is 2.74. The Morgan fingerprint density at radius 1 is 1.31 bits per heavy atom. The summed E-state index contributed by atoms with van der Waals surface area (Å²) in [6.07, 6.45) is -0.224. The third-order valence-corrected chi connectivity index (χ3v) is 0.986. The monoisotopic (exact) mass is 247 g/mol. The number of carbonyl (C=O) groups is 2. The van der Waals surface area contributed by atoms with Crippen molar-refractivity contribution in [3.05, 3.63) is 0 Å². The zero-order chi connectivity index (χ0) is 8.15. The summed E-state index contributed by atoms with van der Waals surface area (Å²) in [4.78, 5) is 19.9. The van der Waals surface area contributed by atoms with Gasteiger partial charge in [-0.1, -0.05) is 0 Å². The predicted molar refractivity (Wildman–Crippen MR) is 51.8 cm³/mol. The molecule has 0 aromatic rings. The van der Waals surface area contributed by atoms with Crippen molar-refractivity contribution in [2.24, 2.45) is 5.73 Å². The van der Waals surface area contributed by atoms with Gasteiger partial charge in [0.2, 0.25) is 0 Å². The molecule has 8 heteroatoms. The molecule has 0 saturated heterocycles. The number of carboxylic acid groups (broad SMARTS) is 2. The van der Waals surface area contributed by atoms with Crippen molar-refractivity contribution in [2.45, 2.75) is 18.9 Å². The summed E-state index contributed by atoms with van der Waals surface area (Å²) in [6.45, 7) is 0. The summed E-state index contributed by atoms with van der Waals surface area (Å²) in [7, 11) is 0. The Labute approximate surface area is 148 Å². The van der Waals surface area contributed by atoms with Crippen molar-refractivity contribution in [1.29, 1.82) is 0 Å². The molecule has 72 valence electrons. The third-order valence-electron chi connectivity index (χ3n) is 0.986. The van der Waals surface area contributed by atoms with E-state index < -0.39 is 18.0 Å². The summed E-state index contributed by atoms with van der Waals surface area (Å²) in [5.41, 5.74) is 5.00. The van der Waals surface area contributed by atoms with Crippen molar-refractivity contribution in [2.75, 3.05) is 0 Å². The van der Waals surface area contributed by atoms with E-state index in [-0.39, 0.29) is 107 Å². The molecule has 0 aromatic carbocycles. The van der Waals surface area contributed by atoms with Crippen LogP contribution < -0.4 is 5.73 Å². The van der Waals surface area contributed by atoms with E-state index in [0.717, 1.165) is 0 Å². The number of nitrogens with two attached hydrogens (primary N) is 1. The molecule has 13 heavy (non-hydrogen) atoms. The molecule has 0 amide bonds. The van der Waals surface area contributed by atoms with E-state index in [4.69, 9.17) is 15.9 Å². The molecule has 0 fully saturated rings. The van der Waals surface area contributed by atoms with Gasteiger partial charge >= 0.3 is 101 Å².